The molecule has 1 amide bonds. The molecule has 118 valence electrons. The Kier molecular flexibility index (Phi) is 3.54. The number of nitrogens with one attached hydrogen (secondary N) is 2. The van der Waals surface area contributed by atoms with E-state index in [1.54, 1.807) is 6.92 Å². The Morgan fingerprint density at radius 3 is 2.45 bits per heavy atom. The van der Waals surface area contributed by atoms with Gasteiger partial charge in [-0.15, -0.1) is 0 Å². The van der Waals surface area contributed by atoms with Gasteiger partial charge in [0, 0.05) is 17.7 Å². The van der Waals surface area contributed by atoms with Gasteiger partial charge in [0.25, 0.3) is 5.91 Å². The molecule has 1 saturated carbocycles. The number of carboxylic acid groups (broad SMARTS) is 1. The molecule has 1 fully saturated rings. The summed E-state index contributed by atoms with van der Waals surface area (Å²) < 4.78 is 0. The zero-order chi connectivity index (χ0) is 15.9. The van der Waals surface area contributed by atoms with Crippen LogP contribution in [0.1, 0.15) is 70.6 Å². The van der Waals surface area contributed by atoms with Gasteiger partial charge in [-0.05, 0) is 38.2 Å². The Hall–Kier alpha value is -2.11. The second kappa shape index (κ2) is 5.26. The first kappa shape index (κ1) is 14.8. The molecular weight excluding hydrogens is 284 g/mol. The van der Waals surface area contributed by atoms with Crippen LogP contribution in [0, 0.1) is 6.92 Å². The molecule has 0 spiro atoms. The average Bonchev–Trinajstić information content (AvgIpc) is 3.05. The van der Waals surface area contributed by atoms with Crippen LogP contribution in [0.5, 0.6) is 0 Å². The second-order valence-electron chi connectivity index (χ2n) is 6.30. The predicted octanol–water partition coefficient (Wildman–Crippen LogP) is 1.97. The molecule has 1 aromatic rings. The standard InChI is InChI=1S/C16H20N2O4/c1-9-12-10(5-4-6-11(12)19)17-13(9)14(20)18-16(15(21)22)7-2-3-8-16/h17H,2-8H2,1H3,(H,18,20)(H,21,22). The number of H-pyrrole nitrogens is 1. The number of carboxylic acids is 1. The van der Waals surface area contributed by atoms with Crippen molar-refractivity contribution in [2.24, 2.45) is 0 Å². The highest BCUT2D eigenvalue weighted by molar-refractivity contribution is 6.05. The number of carbonyl (C=O) groups excluding carboxylic acids is 2. The van der Waals surface area contributed by atoms with Gasteiger partial charge in [-0.1, -0.05) is 12.8 Å². The van der Waals surface area contributed by atoms with Gasteiger partial charge in [-0.3, -0.25) is 9.59 Å². The van der Waals surface area contributed by atoms with Crippen molar-refractivity contribution in [3.8, 4) is 0 Å². The summed E-state index contributed by atoms with van der Waals surface area (Å²) in [6, 6.07) is 0. The lowest BCUT2D eigenvalue weighted by atomic mass is 9.93. The van der Waals surface area contributed by atoms with Crippen molar-refractivity contribution in [3.05, 3.63) is 22.5 Å². The molecule has 0 unspecified atom stereocenters. The van der Waals surface area contributed by atoms with E-state index in [1.165, 1.54) is 0 Å². The minimum absolute atomic E-state index is 0.0582. The number of rotatable bonds is 3. The van der Waals surface area contributed by atoms with E-state index in [4.69, 9.17) is 0 Å². The predicted molar refractivity (Wildman–Crippen MR) is 79.1 cm³/mol. The summed E-state index contributed by atoms with van der Waals surface area (Å²) >= 11 is 0. The van der Waals surface area contributed by atoms with Gasteiger partial charge in [-0.25, -0.2) is 4.79 Å². The molecular formula is C16H20N2O4. The number of carbonyl (C=O) groups is 3. The van der Waals surface area contributed by atoms with E-state index in [1.807, 2.05) is 0 Å². The van der Waals surface area contributed by atoms with Crippen molar-refractivity contribution in [2.45, 2.75) is 57.4 Å². The third-order valence-electron chi connectivity index (χ3n) is 4.88. The Morgan fingerprint density at radius 1 is 1.18 bits per heavy atom. The molecule has 0 aliphatic heterocycles. The van der Waals surface area contributed by atoms with Crippen LogP contribution in [-0.2, 0) is 11.2 Å². The molecule has 2 aliphatic carbocycles. The molecule has 0 bridgehead atoms. The molecule has 0 atom stereocenters. The lowest BCUT2D eigenvalue weighted by Gasteiger charge is -2.25. The summed E-state index contributed by atoms with van der Waals surface area (Å²) in [7, 11) is 0. The van der Waals surface area contributed by atoms with E-state index in [-0.39, 0.29) is 5.78 Å². The number of fused-ring (bicyclic) bond motifs is 1. The van der Waals surface area contributed by atoms with Crippen molar-refractivity contribution >= 4 is 17.7 Å². The van der Waals surface area contributed by atoms with Crippen LogP contribution in [0.3, 0.4) is 0 Å². The van der Waals surface area contributed by atoms with Crippen molar-refractivity contribution in [1.82, 2.24) is 10.3 Å². The number of aryl methyl sites for hydroxylation is 1. The Labute approximate surface area is 128 Å². The molecule has 0 radical (unpaired) electrons. The highest BCUT2D eigenvalue weighted by Gasteiger charge is 2.43. The zero-order valence-corrected chi connectivity index (χ0v) is 12.6. The number of hydrogen-bond acceptors (Lipinski definition) is 3. The van der Waals surface area contributed by atoms with Crippen LogP contribution in [0.4, 0.5) is 0 Å². The number of aromatic nitrogens is 1. The van der Waals surface area contributed by atoms with Gasteiger partial charge in [-0.2, -0.15) is 0 Å². The van der Waals surface area contributed by atoms with E-state index in [0.29, 0.717) is 36.1 Å². The van der Waals surface area contributed by atoms with Gasteiger partial charge in [0.1, 0.15) is 11.2 Å². The van der Waals surface area contributed by atoms with Crippen LogP contribution in [0.2, 0.25) is 0 Å². The van der Waals surface area contributed by atoms with Gasteiger partial charge in [0.2, 0.25) is 0 Å². The van der Waals surface area contributed by atoms with E-state index in [2.05, 4.69) is 10.3 Å². The molecule has 3 rings (SSSR count). The third kappa shape index (κ3) is 2.23. The number of ketones is 1. The first-order valence-corrected chi connectivity index (χ1v) is 7.75. The van der Waals surface area contributed by atoms with Crippen molar-refractivity contribution in [3.63, 3.8) is 0 Å². The van der Waals surface area contributed by atoms with E-state index in [9.17, 15) is 19.5 Å². The maximum atomic E-state index is 12.5. The summed E-state index contributed by atoms with van der Waals surface area (Å²) in [6.45, 7) is 1.75. The van der Waals surface area contributed by atoms with Gasteiger partial charge in [0.05, 0.1) is 0 Å². The summed E-state index contributed by atoms with van der Waals surface area (Å²) in [5.74, 6) is -1.35. The fourth-order valence-electron chi connectivity index (χ4n) is 3.65. The fourth-order valence-corrected chi connectivity index (χ4v) is 3.65. The molecule has 0 aromatic carbocycles. The molecule has 1 heterocycles. The minimum Gasteiger partial charge on any atom is -0.480 e. The summed E-state index contributed by atoms with van der Waals surface area (Å²) in [5, 5.41) is 12.1. The number of Topliss-reactive ketones (excluding diaryl/α,β-unsaturated/α-hetero) is 1. The van der Waals surface area contributed by atoms with Crippen molar-refractivity contribution < 1.29 is 19.5 Å². The highest BCUT2D eigenvalue weighted by Crippen LogP contribution is 2.31. The minimum atomic E-state index is -1.17. The van der Waals surface area contributed by atoms with Crippen LogP contribution >= 0.6 is 0 Å². The topological polar surface area (TPSA) is 99.3 Å². The first-order chi connectivity index (χ1) is 10.4. The van der Waals surface area contributed by atoms with E-state index in [0.717, 1.165) is 31.4 Å². The molecule has 6 nitrogen and oxygen atoms in total. The SMILES string of the molecule is Cc1c(C(=O)NC2(C(=O)O)CCCC2)[nH]c2c1C(=O)CCC2. The lowest BCUT2D eigenvalue weighted by Crippen LogP contribution is -2.52. The maximum absolute atomic E-state index is 12.5. The quantitative estimate of drug-likeness (QED) is 0.795. The third-order valence-corrected chi connectivity index (χ3v) is 4.88. The number of hydrogen-bond donors (Lipinski definition) is 3. The molecule has 1 aromatic heterocycles. The monoisotopic (exact) mass is 304 g/mol. The summed E-state index contributed by atoms with van der Waals surface area (Å²) in [6.07, 6.45) is 4.53. The zero-order valence-electron chi connectivity index (χ0n) is 12.6. The number of amides is 1. The smallest absolute Gasteiger partial charge is 0.329 e. The molecule has 22 heavy (non-hydrogen) atoms. The summed E-state index contributed by atoms with van der Waals surface area (Å²) in [5.41, 5.74) is 1.21. The normalized spacial score (nSPS) is 19.8. The van der Waals surface area contributed by atoms with E-state index >= 15 is 0 Å². The highest BCUT2D eigenvalue weighted by atomic mass is 16.4. The second-order valence-corrected chi connectivity index (χ2v) is 6.30. The number of aromatic amines is 1. The molecule has 0 saturated heterocycles. The maximum Gasteiger partial charge on any atom is 0.329 e. The van der Waals surface area contributed by atoms with Crippen molar-refractivity contribution in [1.29, 1.82) is 0 Å². The Balaban J connectivity index is 1.90. The van der Waals surface area contributed by atoms with E-state index < -0.39 is 17.4 Å². The van der Waals surface area contributed by atoms with Gasteiger partial charge in [0.15, 0.2) is 5.78 Å². The molecule has 2 aliphatic rings. The van der Waals surface area contributed by atoms with Crippen molar-refractivity contribution in [2.75, 3.05) is 0 Å². The lowest BCUT2D eigenvalue weighted by molar-refractivity contribution is -0.144. The first-order valence-electron chi connectivity index (χ1n) is 7.75. The largest absolute Gasteiger partial charge is 0.480 e. The molecule has 3 N–H and O–H groups in total. The van der Waals surface area contributed by atoms with Crippen LogP contribution in [0.25, 0.3) is 0 Å². The molecule has 6 heteroatoms. The fraction of sp³-hybridized carbons (Fsp3) is 0.562. The van der Waals surface area contributed by atoms with Gasteiger partial charge < -0.3 is 15.4 Å². The average molecular weight is 304 g/mol. The van der Waals surface area contributed by atoms with Crippen LogP contribution in [0.15, 0.2) is 0 Å². The Bertz CT molecular complexity index is 653. The Morgan fingerprint density at radius 2 is 1.86 bits per heavy atom. The number of aliphatic carboxylic acids is 1. The summed E-state index contributed by atoms with van der Waals surface area (Å²) in [4.78, 5) is 39.1. The van der Waals surface area contributed by atoms with Gasteiger partial charge >= 0.3 is 5.97 Å². The van der Waals surface area contributed by atoms with Crippen LogP contribution in [-0.4, -0.2) is 33.3 Å². The van der Waals surface area contributed by atoms with Crippen LogP contribution < -0.4 is 5.32 Å².